The Morgan fingerprint density at radius 1 is 1.17 bits per heavy atom. The average molecular weight is 341 g/mol. The van der Waals surface area contributed by atoms with Crippen molar-refractivity contribution in [2.75, 3.05) is 11.1 Å². The lowest BCUT2D eigenvalue weighted by molar-refractivity contribution is -0.113. The quantitative estimate of drug-likeness (QED) is 0.737. The molecule has 0 saturated heterocycles. The van der Waals surface area contributed by atoms with E-state index in [1.165, 1.54) is 11.8 Å². The largest absolute Gasteiger partial charge is 0.325 e. The van der Waals surface area contributed by atoms with Gasteiger partial charge in [0.15, 0.2) is 0 Å². The summed E-state index contributed by atoms with van der Waals surface area (Å²) < 4.78 is 1.73. The zero-order valence-electron chi connectivity index (χ0n) is 13.9. The highest BCUT2D eigenvalue weighted by Crippen LogP contribution is 2.24. The maximum atomic E-state index is 12.3. The third-order valence-corrected chi connectivity index (χ3v) is 4.39. The van der Waals surface area contributed by atoms with Gasteiger partial charge in [-0.1, -0.05) is 48.2 Å². The molecule has 1 amide bonds. The molecule has 0 saturated carbocycles. The van der Waals surface area contributed by atoms with E-state index in [-0.39, 0.29) is 17.2 Å². The Kier molecular flexibility index (Phi) is 4.53. The summed E-state index contributed by atoms with van der Waals surface area (Å²) in [7, 11) is 0. The number of nitrogens with zero attached hydrogens (tertiary/aromatic N) is 4. The van der Waals surface area contributed by atoms with Gasteiger partial charge in [0.25, 0.3) is 0 Å². The minimum atomic E-state index is -0.224. The second-order valence-electron chi connectivity index (χ2n) is 6.41. The van der Waals surface area contributed by atoms with Gasteiger partial charge in [0, 0.05) is 11.1 Å². The molecule has 0 bridgehead atoms. The van der Waals surface area contributed by atoms with Crippen LogP contribution >= 0.6 is 11.8 Å². The molecule has 24 heavy (non-hydrogen) atoms. The van der Waals surface area contributed by atoms with Crippen LogP contribution in [0.25, 0.3) is 10.8 Å². The summed E-state index contributed by atoms with van der Waals surface area (Å²) in [4.78, 5) is 12.3. The van der Waals surface area contributed by atoms with Gasteiger partial charge in [-0.3, -0.25) is 4.79 Å². The van der Waals surface area contributed by atoms with Crippen LogP contribution in [0, 0.1) is 0 Å². The van der Waals surface area contributed by atoms with Crippen molar-refractivity contribution in [2.45, 2.75) is 31.5 Å². The number of benzene rings is 2. The third-order valence-electron chi connectivity index (χ3n) is 3.47. The highest BCUT2D eigenvalue weighted by atomic mass is 32.2. The van der Waals surface area contributed by atoms with Gasteiger partial charge in [-0.05, 0) is 42.7 Å². The van der Waals surface area contributed by atoms with Gasteiger partial charge in [-0.2, -0.15) is 0 Å². The van der Waals surface area contributed by atoms with Crippen molar-refractivity contribution in [3.8, 4) is 0 Å². The molecule has 1 aromatic heterocycles. The summed E-state index contributed by atoms with van der Waals surface area (Å²) in [6.45, 7) is 6.05. The molecule has 0 atom stereocenters. The van der Waals surface area contributed by atoms with E-state index < -0.39 is 0 Å². The molecule has 1 heterocycles. The Balaban J connectivity index is 1.69. The van der Waals surface area contributed by atoms with Crippen LogP contribution in [0.2, 0.25) is 0 Å². The molecule has 0 unspecified atom stereocenters. The van der Waals surface area contributed by atoms with Gasteiger partial charge in [0.05, 0.1) is 11.3 Å². The van der Waals surface area contributed by atoms with Crippen LogP contribution in [-0.2, 0) is 10.3 Å². The number of tetrazole rings is 1. The molecule has 0 spiro atoms. The third kappa shape index (κ3) is 3.56. The fourth-order valence-corrected chi connectivity index (χ4v) is 3.20. The van der Waals surface area contributed by atoms with E-state index in [0.29, 0.717) is 5.16 Å². The smallest absolute Gasteiger partial charge is 0.234 e. The highest BCUT2D eigenvalue weighted by Gasteiger charge is 2.20. The molecule has 2 aromatic carbocycles. The standard InChI is InChI=1S/C17H19N5OS/c1-17(2,3)22-16(19-20-21-22)24-11-15(23)18-14-10-6-8-12-7-4-5-9-13(12)14/h4-10H,11H2,1-3H3,(H,18,23). The summed E-state index contributed by atoms with van der Waals surface area (Å²) in [5, 5.41) is 17.4. The van der Waals surface area contributed by atoms with E-state index in [2.05, 4.69) is 20.8 Å². The molecular weight excluding hydrogens is 322 g/mol. The lowest BCUT2D eigenvalue weighted by Gasteiger charge is -2.19. The van der Waals surface area contributed by atoms with E-state index in [4.69, 9.17) is 0 Å². The van der Waals surface area contributed by atoms with E-state index in [0.717, 1.165) is 16.5 Å². The Bertz CT molecular complexity index is 863. The van der Waals surface area contributed by atoms with E-state index in [1.54, 1.807) is 4.68 Å². The van der Waals surface area contributed by atoms with Gasteiger partial charge in [-0.15, -0.1) is 5.10 Å². The zero-order valence-corrected chi connectivity index (χ0v) is 14.7. The van der Waals surface area contributed by atoms with Gasteiger partial charge in [-0.25, -0.2) is 4.68 Å². The van der Waals surface area contributed by atoms with Crippen LogP contribution in [-0.4, -0.2) is 31.9 Å². The van der Waals surface area contributed by atoms with Crippen molar-refractivity contribution in [1.29, 1.82) is 0 Å². The first-order valence-corrected chi connectivity index (χ1v) is 8.63. The van der Waals surface area contributed by atoms with Crippen LogP contribution in [0.15, 0.2) is 47.6 Å². The summed E-state index contributed by atoms with van der Waals surface area (Å²) in [6, 6.07) is 13.8. The van der Waals surface area contributed by atoms with E-state index >= 15 is 0 Å². The van der Waals surface area contributed by atoms with Crippen LogP contribution in [0.1, 0.15) is 20.8 Å². The lowest BCUT2D eigenvalue weighted by atomic mass is 10.1. The number of thioether (sulfide) groups is 1. The van der Waals surface area contributed by atoms with Crippen molar-refractivity contribution in [1.82, 2.24) is 20.2 Å². The lowest BCUT2D eigenvalue weighted by Crippen LogP contribution is -2.24. The van der Waals surface area contributed by atoms with Crippen molar-refractivity contribution < 1.29 is 4.79 Å². The van der Waals surface area contributed by atoms with Crippen molar-refractivity contribution >= 4 is 34.1 Å². The number of nitrogens with one attached hydrogen (secondary N) is 1. The second-order valence-corrected chi connectivity index (χ2v) is 7.35. The van der Waals surface area contributed by atoms with Crippen molar-refractivity contribution in [3.05, 3.63) is 42.5 Å². The molecule has 1 N–H and O–H groups in total. The van der Waals surface area contributed by atoms with Crippen molar-refractivity contribution in [2.24, 2.45) is 0 Å². The highest BCUT2D eigenvalue weighted by molar-refractivity contribution is 7.99. The maximum absolute atomic E-state index is 12.3. The monoisotopic (exact) mass is 341 g/mol. The Morgan fingerprint density at radius 2 is 1.92 bits per heavy atom. The van der Waals surface area contributed by atoms with E-state index in [9.17, 15) is 4.79 Å². The fraction of sp³-hybridized carbons (Fsp3) is 0.294. The number of fused-ring (bicyclic) bond motifs is 1. The van der Waals surface area contributed by atoms with Gasteiger partial charge >= 0.3 is 0 Å². The number of carbonyl (C=O) groups is 1. The Labute approximate surface area is 144 Å². The van der Waals surface area contributed by atoms with Crippen LogP contribution < -0.4 is 5.32 Å². The number of carbonyl (C=O) groups excluding carboxylic acids is 1. The number of aromatic nitrogens is 4. The first-order chi connectivity index (χ1) is 11.4. The SMILES string of the molecule is CC(C)(C)n1nnnc1SCC(=O)Nc1cccc2ccccc12. The number of rotatable bonds is 4. The second kappa shape index (κ2) is 6.60. The molecule has 6 nitrogen and oxygen atoms in total. The van der Waals surface area contributed by atoms with Crippen molar-refractivity contribution in [3.63, 3.8) is 0 Å². The summed E-state index contributed by atoms with van der Waals surface area (Å²) in [5.74, 6) is 0.166. The number of hydrogen-bond donors (Lipinski definition) is 1. The topological polar surface area (TPSA) is 72.7 Å². The molecule has 0 fully saturated rings. The van der Waals surface area contributed by atoms with E-state index in [1.807, 2.05) is 63.2 Å². The fourth-order valence-electron chi connectivity index (χ4n) is 2.34. The van der Waals surface area contributed by atoms with Gasteiger partial charge < -0.3 is 5.32 Å². The first-order valence-electron chi connectivity index (χ1n) is 7.64. The Morgan fingerprint density at radius 3 is 2.71 bits per heavy atom. The van der Waals surface area contributed by atoms with Gasteiger partial charge in [0.2, 0.25) is 11.1 Å². The molecule has 3 aromatic rings. The average Bonchev–Trinajstić information content (AvgIpc) is 3.02. The van der Waals surface area contributed by atoms with Gasteiger partial charge in [0.1, 0.15) is 0 Å². The summed E-state index contributed by atoms with van der Waals surface area (Å²) >= 11 is 1.33. The predicted molar refractivity (Wildman–Crippen MR) is 96.1 cm³/mol. The number of anilines is 1. The molecule has 7 heteroatoms. The summed E-state index contributed by atoms with van der Waals surface area (Å²) in [6.07, 6.45) is 0. The normalized spacial score (nSPS) is 11.6. The minimum Gasteiger partial charge on any atom is -0.325 e. The first kappa shape index (κ1) is 16.4. The molecule has 0 aliphatic heterocycles. The number of hydrogen-bond acceptors (Lipinski definition) is 5. The predicted octanol–water partition coefficient (Wildman–Crippen LogP) is 3.31. The van der Waals surface area contributed by atoms with Crippen LogP contribution in [0.3, 0.4) is 0 Å². The molecule has 0 aliphatic carbocycles. The van der Waals surface area contributed by atoms with Crippen LogP contribution in [0.5, 0.6) is 0 Å². The molecule has 3 rings (SSSR count). The minimum absolute atomic E-state index is 0.0835. The van der Waals surface area contributed by atoms with Crippen LogP contribution in [0.4, 0.5) is 5.69 Å². The zero-order chi connectivity index (χ0) is 17.2. The molecule has 0 radical (unpaired) electrons. The molecular formula is C17H19N5OS. The number of amides is 1. The maximum Gasteiger partial charge on any atom is 0.234 e. The summed E-state index contributed by atoms with van der Waals surface area (Å²) in [5.41, 5.74) is 0.590. The molecule has 0 aliphatic rings. The molecule has 124 valence electrons. The Hall–Kier alpha value is -2.41.